The minimum atomic E-state index is -0.593. The Hall–Kier alpha value is -2.69. The summed E-state index contributed by atoms with van der Waals surface area (Å²) < 4.78 is 0. The van der Waals surface area contributed by atoms with E-state index in [0.717, 1.165) is 25.7 Å². The summed E-state index contributed by atoms with van der Waals surface area (Å²) in [5, 5.41) is 23.3. The Balaban J connectivity index is 1.69. The topological polar surface area (TPSA) is 112 Å². The average molecular weight is 329 g/mol. The highest BCUT2D eigenvalue weighted by molar-refractivity contribution is 5.79. The molecule has 2 aliphatic rings. The molecule has 2 heterocycles. The summed E-state index contributed by atoms with van der Waals surface area (Å²) in [6, 6.07) is 3.06. The van der Waals surface area contributed by atoms with Gasteiger partial charge in [0.25, 0.3) is 0 Å². The van der Waals surface area contributed by atoms with Gasteiger partial charge < -0.3 is 10.2 Å². The van der Waals surface area contributed by atoms with Crippen LogP contribution in [0.5, 0.6) is 0 Å². The lowest BCUT2D eigenvalue weighted by Crippen LogP contribution is -2.35. The molecule has 1 saturated heterocycles. The molecule has 24 heavy (non-hydrogen) atoms. The molecule has 0 spiro atoms. The van der Waals surface area contributed by atoms with Gasteiger partial charge in [0, 0.05) is 31.2 Å². The first-order valence-electron chi connectivity index (χ1n) is 8.19. The highest BCUT2D eigenvalue weighted by Crippen LogP contribution is 2.30. The van der Waals surface area contributed by atoms with Gasteiger partial charge in [-0.1, -0.05) is 12.8 Å². The SMILES string of the molecule is N#Cc1ccnc(NC2CCN(C(=O)C3CCCC3)C2)c1[N+](=O)[O-]. The molecule has 1 unspecified atom stereocenters. The number of aromatic nitrogens is 1. The Morgan fingerprint density at radius 1 is 1.42 bits per heavy atom. The summed E-state index contributed by atoms with van der Waals surface area (Å²) in [6.07, 6.45) is 6.25. The normalized spacial score (nSPS) is 20.8. The molecule has 0 bridgehead atoms. The van der Waals surface area contributed by atoms with Crippen molar-refractivity contribution in [2.75, 3.05) is 18.4 Å². The first-order chi connectivity index (χ1) is 11.6. The molecule has 1 atom stereocenters. The van der Waals surface area contributed by atoms with Gasteiger partial charge in [0.2, 0.25) is 11.7 Å². The second-order valence-electron chi connectivity index (χ2n) is 6.32. The first-order valence-corrected chi connectivity index (χ1v) is 8.19. The summed E-state index contributed by atoms with van der Waals surface area (Å²) in [5.41, 5.74) is -0.324. The molecule has 1 amide bonds. The highest BCUT2D eigenvalue weighted by Gasteiger charge is 2.33. The van der Waals surface area contributed by atoms with E-state index in [4.69, 9.17) is 5.26 Å². The van der Waals surface area contributed by atoms with Crippen LogP contribution in [0.2, 0.25) is 0 Å². The van der Waals surface area contributed by atoms with Crippen LogP contribution in [-0.4, -0.2) is 39.8 Å². The van der Waals surface area contributed by atoms with Crippen molar-refractivity contribution >= 4 is 17.4 Å². The van der Waals surface area contributed by atoms with Gasteiger partial charge in [0.05, 0.1) is 4.92 Å². The standard InChI is InChI=1S/C16H19N5O3/c17-9-12-5-7-18-15(14(12)21(23)24)19-13-6-8-20(10-13)16(22)11-3-1-2-4-11/h5,7,11,13H,1-4,6,8,10H2,(H,18,19). The molecule has 8 heteroatoms. The number of likely N-dealkylation sites (tertiary alicyclic amines) is 1. The van der Waals surface area contributed by atoms with E-state index in [-0.39, 0.29) is 34.9 Å². The number of nitrogens with one attached hydrogen (secondary N) is 1. The van der Waals surface area contributed by atoms with E-state index in [9.17, 15) is 14.9 Å². The van der Waals surface area contributed by atoms with Gasteiger partial charge in [-0.15, -0.1) is 0 Å². The van der Waals surface area contributed by atoms with Crippen molar-refractivity contribution in [1.29, 1.82) is 5.26 Å². The van der Waals surface area contributed by atoms with E-state index in [1.165, 1.54) is 12.3 Å². The lowest BCUT2D eigenvalue weighted by Gasteiger charge is -2.20. The van der Waals surface area contributed by atoms with Crippen molar-refractivity contribution in [3.63, 3.8) is 0 Å². The third-order valence-corrected chi connectivity index (χ3v) is 4.77. The Morgan fingerprint density at radius 2 is 2.17 bits per heavy atom. The van der Waals surface area contributed by atoms with Gasteiger partial charge in [-0.05, 0) is 25.3 Å². The maximum absolute atomic E-state index is 12.5. The van der Waals surface area contributed by atoms with Gasteiger partial charge in [0.1, 0.15) is 11.6 Å². The number of hydrogen-bond donors (Lipinski definition) is 1. The van der Waals surface area contributed by atoms with Crippen LogP contribution in [0.3, 0.4) is 0 Å². The molecule has 1 aromatic rings. The maximum Gasteiger partial charge on any atom is 0.328 e. The quantitative estimate of drug-likeness (QED) is 0.668. The van der Waals surface area contributed by atoms with E-state index in [1.54, 1.807) is 0 Å². The number of amides is 1. The summed E-state index contributed by atoms with van der Waals surface area (Å²) in [4.78, 5) is 28.9. The molecule has 1 aromatic heterocycles. The van der Waals surface area contributed by atoms with Crippen molar-refractivity contribution in [2.45, 2.75) is 38.1 Å². The zero-order valence-corrected chi connectivity index (χ0v) is 13.3. The molecular weight excluding hydrogens is 310 g/mol. The van der Waals surface area contributed by atoms with Crippen LogP contribution in [0.4, 0.5) is 11.5 Å². The smallest absolute Gasteiger partial charge is 0.328 e. The fourth-order valence-electron chi connectivity index (χ4n) is 3.54. The highest BCUT2D eigenvalue weighted by atomic mass is 16.6. The van der Waals surface area contributed by atoms with Crippen molar-refractivity contribution in [2.24, 2.45) is 5.92 Å². The van der Waals surface area contributed by atoms with Gasteiger partial charge >= 0.3 is 5.69 Å². The second-order valence-corrected chi connectivity index (χ2v) is 6.32. The number of nitrogens with zero attached hydrogens (tertiary/aromatic N) is 4. The number of anilines is 1. The fourth-order valence-corrected chi connectivity index (χ4v) is 3.54. The molecule has 0 aromatic carbocycles. The van der Waals surface area contributed by atoms with Crippen LogP contribution < -0.4 is 5.32 Å². The number of rotatable bonds is 4. The fraction of sp³-hybridized carbons (Fsp3) is 0.562. The molecule has 0 radical (unpaired) electrons. The Morgan fingerprint density at radius 3 is 2.83 bits per heavy atom. The number of hydrogen-bond acceptors (Lipinski definition) is 6. The third kappa shape index (κ3) is 3.15. The zero-order chi connectivity index (χ0) is 17.1. The molecule has 126 valence electrons. The van der Waals surface area contributed by atoms with E-state index < -0.39 is 4.92 Å². The number of nitriles is 1. The number of carbonyl (C=O) groups excluding carboxylic acids is 1. The van der Waals surface area contributed by atoms with Gasteiger partial charge in [-0.2, -0.15) is 5.26 Å². The van der Waals surface area contributed by atoms with Gasteiger partial charge in [0.15, 0.2) is 0 Å². The van der Waals surface area contributed by atoms with Crippen molar-refractivity contribution < 1.29 is 9.72 Å². The monoisotopic (exact) mass is 329 g/mol. The molecular formula is C16H19N5O3. The Bertz CT molecular complexity index is 693. The molecule has 1 aliphatic heterocycles. The Labute approximate surface area is 139 Å². The lowest BCUT2D eigenvalue weighted by atomic mass is 10.1. The minimum absolute atomic E-state index is 0.0191. The van der Waals surface area contributed by atoms with Crippen LogP contribution in [0, 0.1) is 27.4 Å². The predicted molar refractivity (Wildman–Crippen MR) is 86.2 cm³/mol. The predicted octanol–water partition coefficient (Wildman–Crippen LogP) is 2.06. The average Bonchev–Trinajstić information content (AvgIpc) is 3.25. The van der Waals surface area contributed by atoms with Crippen LogP contribution in [-0.2, 0) is 4.79 Å². The number of nitro groups is 1. The molecule has 2 fully saturated rings. The van der Waals surface area contributed by atoms with Crippen molar-refractivity contribution in [3.05, 3.63) is 27.9 Å². The molecule has 1 saturated carbocycles. The van der Waals surface area contributed by atoms with E-state index >= 15 is 0 Å². The van der Waals surface area contributed by atoms with Crippen LogP contribution >= 0.6 is 0 Å². The van der Waals surface area contributed by atoms with E-state index in [2.05, 4.69) is 10.3 Å². The largest absolute Gasteiger partial charge is 0.360 e. The van der Waals surface area contributed by atoms with Crippen LogP contribution in [0.1, 0.15) is 37.7 Å². The molecule has 1 N–H and O–H groups in total. The number of pyridine rings is 1. The minimum Gasteiger partial charge on any atom is -0.360 e. The van der Waals surface area contributed by atoms with Crippen LogP contribution in [0.15, 0.2) is 12.3 Å². The van der Waals surface area contributed by atoms with Crippen molar-refractivity contribution in [3.8, 4) is 6.07 Å². The van der Waals surface area contributed by atoms with Gasteiger partial charge in [-0.25, -0.2) is 4.98 Å². The third-order valence-electron chi connectivity index (χ3n) is 4.77. The van der Waals surface area contributed by atoms with E-state index in [0.29, 0.717) is 19.5 Å². The molecule has 1 aliphatic carbocycles. The molecule has 3 rings (SSSR count). The lowest BCUT2D eigenvalue weighted by molar-refractivity contribution is -0.384. The van der Waals surface area contributed by atoms with Crippen LogP contribution in [0.25, 0.3) is 0 Å². The summed E-state index contributed by atoms with van der Waals surface area (Å²) in [6.45, 7) is 1.17. The van der Waals surface area contributed by atoms with Crippen molar-refractivity contribution in [1.82, 2.24) is 9.88 Å². The maximum atomic E-state index is 12.5. The molecule has 8 nitrogen and oxygen atoms in total. The first kappa shape index (κ1) is 16.2. The summed E-state index contributed by atoms with van der Waals surface area (Å²) >= 11 is 0. The second kappa shape index (κ2) is 6.83. The van der Waals surface area contributed by atoms with E-state index in [1.807, 2.05) is 11.0 Å². The summed E-state index contributed by atoms with van der Waals surface area (Å²) in [7, 11) is 0. The zero-order valence-electron chi connectivity index (χ0n) is 13.3. The number of carbonyl (C=O) groups is 1. The van der Waals surface area contributed by atoms with Gasteiger partial charge in [-0.3, -0.25) is 14.9 Å². The Kier molecular flexibility index (Phi) is 4.60. The summed E-state index contributed by atoms with van der Waals surface area (Å²) in [5.74, 6) is 0.433.